The van der Waals surface area contributed by atoms with Gasteiger partial charge in [-0.05, 0) is 26.0 Å². The van der Waals surface area contributed by atoms with Crippen molar-refractivity contribution in [3.05, 3.63) is 35.2 Å². The predicted molar refractivity (Wildman–Crippen MR) is 73.2 cm³/mol. The summed E-state index contributed by atoms with van der Waals surface area (Å²) in [7, 11) is 0. The summed E-state index contributed by atoms with van der Waals surface area (Å²) in [4.78, 5) is 27.5. The number of nitrogens with two attached hydrogens (primary N) is 1. The zero-order valence-corrected chi connectivity index (χ0v) is 11.8. The van der Waals surface area contributed by atoms with Crippen molar-refractivity contribution in [1.82, 2.24) is 4.98 Å². The number of esters is 1. The van der Waals surface area contributed by atoms with Gasteiger partial charge in [-0.1, -0.05) is 0 Å². The van der Waals surface area contributed by atoms with E-state index in [0.29, 0.717) is 6.61 Å². The molecule has 0 aliphatic rings. The lowest BCUT2D eigenvalue weighted by Crippen LogP contribution is -2.18. The van der Waals surface area contributed by atoms with Crippen molar-refractivity contribution < 1.29 is 19.1 Å². The molecule has 110 valence electrons. The monoisotopic (exact) mass is 289 g/mol. The summed E-state index contributed by atoms with van der Waals surface area (Å²) in [6.45, 7) is 2.94. The van der Waals surface area contributed by atoms with Crippen LogP contribution in [0.2, 0.25) is 0 Å². The molecule has 0 bridgehead atoms. The van der Waals surface area contributed by atoms with E-state index in [1.54, 1.807) is 19.1 Å². The second-order valence-corrected chi connectivity index (χ2v) is 3.96. The number of allylic oxidation sites excluding steroid dienone is 1. The van der Waals surface area contributed by atoms with Crippen LogP contribution in [0.3, 0.4) is 0 Å². The van der Waals surface area contributed by atoms with Gasteiger partial charge in [0.05, 0.1) is 6.61 Å². The smallest absolute Gasteiger partial charge is 0.344 e. The topological polar surface area (TPSA) is 115 Å². The highest BCUT2D eigenvalue weighted by atomic mass is 16.5. The van der Waals surface area contributed by atoms with Crippen molar-refractivity contribution in [1.29, 1.82) is 5.26 Å². The van der Waals surface area contributed by atoms with E-state index in [1.165, 1.54) is 19.2 Å². The van der Waals surface area contributed by atoms with E-state index >= 15 is 0 Å². The molecule has 7 nitrogen and oxygen atoms in total. The molecule has 0 amide bonds. The Morgan fingerprint density at radius 3 is 2.76 bits per heavy atom. The van der Waals surface area contributed by atoms with Crippen molar-refractivity contribution in [2.75, 3.05) is 13.2 Å². The molecule has 1 rings (SSSR count). The van der Waals surface area contributed by atoms with Gasteiger partial charge in [-0.15, -0.1) is 0 Å². The zero-order chi connectivity index (χ0) is 15.8. The van der Waals surface area contributed by atoms with Crippen LogP contribution >= 0.6 is 0 Å². The average molecular weight is 289 g/mol. The third kappa shape index (κ3) is 4.31. The first-order chi connectivity index (χ1) is 10.0. The van der Waals surface area contributed by atoms with E-state index in [-0.39, 0.29) is 22.7 Å². The number of hydrogen-bond donors (Lipinski definition) is 1. The zero-order valence-electron chi connectivity index (χ0n) is 11.8. The van der Waals surface area contributed by atoms with Crippen molar-refractivity contribution in [3.8, 4) is 11.9 Å². The Kier molecular flexibility index (Phi) is 5.89. The Balaban J connectivity index is 2.78. The molecule has 0 fully saturated rings. The number of nitriles is 1. The minimum absolute atomic E-state index is 0.0786. The van der Waals surface area contributed by atoms with Crippen LogP contribution in [0.5, 0.6) is 5.88 Å². The predicted octanol–water partition coefficient (Wildman–Crippen LogP) is 0.962. The molecule has 7 heteroatoms. The van der Waals surface area contributed by atoms with Crippen LogP contribution in [-0.2, 0) is 9.53 Å². The van der Waals surface area contributed by atoms with Crippen molar-refractivity contribution in [2.45, 2.75) is 13.8 Å². The minimum Gasteiger partial charge on any atom is -0.477 e. The number of carbonyl (C=O) groups is 2. The molecular weight excluding hydrogens is 274 g/mol. The molecule has 21 heavy (non-hydrogen) atoms. The minimum atomic E-state index is -0.758. The lowest BCUT2D eigenvalue weighted by atomic mass is 10.1. The van der Waals surface area contributed by atoms with Crippen LogP contribution in [0.4, 0.5) is 0 Å². The number of Topliss-reactive ketones (excluding diaryl/α,β-unsaturated/α-hetero) is 1. The van der Waals surface area contributed by atoms with Gasteiger partial charge in [-0.25, -0.2) is 9.78 Å². The summed E-state index contributed by atoms with van der Waals surface area (Å²) in [6, 6.07) is 4.69. The third-order valence-corrected chi connectivity index (χ3v) is 2.39. The third-order valence-electron chi connectivity index (χ3n) is 2.39. The van der Waals surface area contributed by atoms with E-state index in [0.717, 1.165) is 0 Å². The number of nitrogens with zero attached hydrogens (tertiary/aromatic N) is 2. The molecule has 0 radical (unpaired) electrons. The van der Waals surface area contributed by atoms with Crippen molar-refractivity contribution >= 4 is 11.8 Å². The van der Waals surface area contributed by atoms with Gasteiger partial charge in [0.25, 0.3) is 0 Å². The Morgan fingerprint density at radius 2 is 2.19 bits per heavy atom. The molecule has 0 aromatic carbocycles. The standard InChI is InChI=1S/C14H15N3O4/c1-3-20-13-10(5-4-6-17-13)14(19)21-8-12(18)11(7-15)9(2)16/h4-6H,3,8,16H2,1-2H3. The van der Waals surface area contributed by atoms with Crippen LogP contribution in [-0.4, -0.2) is 30.0 Å². The van der Waals surface area contributed by atoms with E-state index in [2.05, 4.69) is 4.98 Å². The lowest BCUT2D eigenvalue weighted by Gasteiger charge is -2.08. The second-order valence-electron chi connectivity index (χ2n) is 3.96. The Bertz CT molecular complexity index is 613. The van der Waals surface area contributed by atoms with Gasteiger partial charge in [0.2, 0.25) is 11.7 Å². The molecule has 1 aromatic rings. The normalized spacial score (nSPS) is 11.1. The fourth-order valence-corrected chi connectivity index (χ4v) is 1.45. The number of carbonyl (C=O) groups excluding carboxylic acids is 2. The number of hydrogen-bond acceptors (Lipinski definition) is 7. The maximum absolute atomic E-state index is 11.9. The lowest BCUT2D eigenvalue weighted by molar-refractivity contribution is -0.118. The van der Waals surface area contributed by atoms with Crippen LogP contribution in [0.15, 0.2) is 29.6 Å². The van der Waals surface area contributed by atoms with Crippen LogP contribution < -0.4 is 10.5 Å². The number of rotatable bonds is 6. The molecule has 0 spiro atoms. The Labute approximate surface area is 122 Å². The average Bonchev–Trinajstić information content (AvgIpc) is 2.46. The summed E-state index contributed by atoms with van der Waals surface area (Å²) in [6.07, 6.45) is 1.47. The van der Waals surface area contributed by atoms with Gasteiger partial charge in [-0.3, -0.25) is 4.79 Å². The summed E-state index contributed by atoms with van der Waals surface area (Å²) in [5, 5.41) is 8.78. The molecule has 0 atom stereocenters. The van der Waals surface area contributed by atoms with Crippen LogP contribution in [0.1, 0.15) is 24.2 Å². The second kappa shape index (κ2) is 7.65. The van der Waals surface area contributed by atoms with Crippen LogP contribution in [0, 0.1) is 11.3 Å². The van der Waals surface area contributed by atoms with Gasteiger partial charge in [0.1, 0.15) is 17.2 Å². The van der Waals surface area contributed by atoms with Gasteiger partial charge >= 0.3 is 5.97 Å². The molecular formula is C14H15N3O4. The van der Waals surface area contributed by atoms with Gasteiger partial charge in [-0.2, -0.15) is 5.26 Å². The largest absolute Gasteiger partial charge is 0.477 e. The molecule has 0 saturated heterocycles. The molecule has 2 N–H and O–H groups in total. The maximum atomic E-state index is 11.9. The summed E-state index contributed by atoms with van der Waals surface area (Å²) in [5.74, 6) is -1.29. The molecule has 1 aromatic heterocycles. The summed E-state index contributed by atoms with van der Waals surface area (Å²) in [5.41, 5.74) is 5.36. The van der Waals surface area contributed by atoms with Crippen molar-refractivity contribution in [2.24, 2.45) is 5.73 Å². The summed E-state index contributed by atoms with van der Waals surface area (Å²) >= 11 is 0. The van der Waals surface area contributed by atoms with Crippen LogP contribution in [0.25, 0.3) is 0 Å². The molecule has 0 aliphatic carbocycles. The SMILES string of the molecule is CCOc1ncccc1C(=O)OCC(=O)C(C#N)=C(C)N. The first kappa shape index (κ1) is 16.2. The first-order valence-electron chi connectivity index (χ1n) is 6.15. The fourth-order valence-electron chi connectivity index (χ4n) is 1.45. The quantitative estimate of drug-likeness (QED) is 0.471. The van der Waals surface area contributed by atoms with E-state index in [9.17, 15) is 9.59 Å². The van der Waals surface area contributed by atoms with E-state index < -0.39 is 18.4 Å². The number of ketones is 1. The van der Waals surface area contributed by atoms with Gasteiger partial charge < -0.3 is 15.2 Å². The highest BCUT2D eigenvalue weighted by molar-refractivity contribution is 6.02. The highest BCUT2D eigenvalue weighted by Gasteiger charge is 2.18. The fraction of sp³-hybridized carbons (Fsp3) is 0.286. The van der Waals surface area contributed by atoms with E-state index in [1.807, 2.05) is 0 Å². The Hall–Kier alpha value is -2.88. The Morgan fingerprint density at radius 1 is 1.48 bits per heavy atom. The first-order valence-corrected chi connectivity index (χ1v) is 6.15. The number of pyridine rings is 1. The van der Waals surface area contributed by atoms with Crippen molar-refractivity contribution in [3.63, 3.8) is 0 Å². The van der Waals surface area contributed by atoms with Gasteiger partial charge in [0, 0.05) is 11.9 Å². The molecule has 0 unspecified atom stereocenters. The summed E-state index contributed by atoms with van der Waals surface area (Å²) < 4.78 is 10.1. The molecule has 1 heterocycles. The van der Waals surface area contributed by atoms with E-state index in [4.69, 9.17) is 20.5 Å². The molecule has 0 aliphatic heterocycles. The number of ether oxygens (including phenoxy) is 2. The highest BCUT2D eigenvalue weighted by Crippen LogP contribution is 2.15. The number of aromatic nitrogens is 1. The molecule has 0 saturated carbocycles. The maximum Gasteiger partial charge on any atom is 0.344 e. The van der Waals surface area contributed by atoms with Gasteiger partial charge in [0.15, 0.2) is 6.61 Å².